The predicted molar refractivity (Wildman–Crippen MR) is 122 cm³/mol. The smallest absolute Gasteiger partial charge is 0.0587 e. The van der Waals surface area contributed by atoms with Crippen molar-refractivity contribution < 1.29 is 0 Å². The zero-order valence-electron chi connectivity index (χ0n) is 17.4. The van der Waals surface area contributed by atoms with Gasteiger partial charge in [0.05, 0.1) is 5.41 Å². The summed E-state index contributed by atoms with van der Waals surface area (Å²) in [7, 11) is 0. The SMILES string of the molecule is Cc1ccc2c(c1)C1(c3cc(C)ccc3-2)c2cc(C)ccc2-c2ccc(C)cc21. The van der Waals surface area contributed by atoms with Crippen LogP contribution in [-0.2, 0) is 5.41 Å². The average molecular weight is 373 g/mol. The summed E-state index contributed by atoms with van der Waals surface area (Å²) >= 11 is 0. The third-order valence-electron chi connectivity index (χ3n) is 6.90. The lowest BCUT2D eigenvalue weighted by molar-refractivity contribution is 0.789. The van der Waals surface area contributed by atoms with Crippen molar-refractivity contribution in [2.45, 2.75) is 33.1 Å². The molecule has 0 aromatic heterocycles. The van der Waals surface area contributed by atoms with E-state index in [1.807, 2.05) is 0 Å². The molecule has 29 heavy (non-hydrogen) atoms. The van der Waals surface area contributed by atoms with Gasteiger partial charge in [-0.15, -0.1) is 0 Å². The van der Waals surface area contributed by atoms with Gasteiger partial charge in [0.2, 0.25) is 0 Å². The van der Waals surface area contributed by atoms with Gasteiger partial charge in [-0.25, -0.2) is 0 Å². The number of hydrogen-bond donors (Lipinski definition) is 0. The van der Waals surface area contributed by atoms with Crippen molar-refractivity contribution in [2.24, 2.45) is 0 Å². The summed E-state index contributed by atoms with van der Waals surface area (Å²) in [6.45, 7) is 8.86. The summed E-state index contributed by atoms with van der Waals surface area (Å²) in [6, 6.07) is 28.0. The molecule has 0 saturated heterocycles. The first kappa shape index (κ1) is 16.8. The minimum Gasteiger partial charge on any atom is -0.0587 e. The maximum atomic E-state index is 2.42. The van der Waals surface area contributed by atoms with Gasteiger partial charge in [0.15, 0.2) is 0 Å². The van der Waals surface area contributed by atoms with Gasteiger partial charge < -0.3 is 0 Å². The monoisotopic (exact) mass is 372 g/mol. The number of rotatable bonds is 0. The predicted octanol–water partition coefficient (Wildman–Crippen LogP) is 7.26. The summed E-state index contributed by atoms with van der Waals surface area (Å²) in [5.41, 5.74) is 16.4. The van der Waals surface area contributed by atoms with Crippen molar-refractivity contribution in [1.29, 1.82) is 0 Å². The molecule has 0 radical (unpaired) electrons. The molecule has 4 aromatic rings. The molecule has 0 saturated carbocycles. The first-order valence-corrected chi connectivity index (χ1v) is 10.5. The van der Waals surface area contributed by atoms with E-state index in [4.69, 9.17) is 0 Å². The van der Waals surface area contributed by atoms with Gasteiger partial charge in [0.25, 0.3) is 0 Å². The maximum absolute atomic E-state index is 2.42. The first-order valence-electron chi connectivity index (χ1n) is 10.5. The molecule has 0 fully saturated rings. The Bertz CT molecular complexity index is 1120. The van der Waals surface area contributed by atoms with E-state index in [2.05, 4.69) is 100 Å². The molecule has 0 aliphatic heterocycles. The molecule has 2 aliphatic carbocycles. The van der Waals surface area contributed by atoms with Gasteiger partial charge in [-0.3, -0.25) is 0 Å². The fourth-order valence-electron chi connectivity index (χ4n) is 5.68. The van der Waals surface area contributed by atoms with Crippen LogP contribution in [0.25, 0.3) is 22.3 Å². The fourth-order valence-corrected chi connectivity index (χ4v) is 5.68. The maximum Gasteiger partial charge on any atom is 0.0725 e. The second-order valence-corrected chi connectivity index (χ2v) is 8.95. The molecule has 4 aromatic carbocycles. The summed E-state index contributed by atoms with van der Waals surface area (Å²) in [6.07, 6.45) is 0. The van der Waals surface area contributed by atoms with E-state index in [0.29, 0.717) is 0 Å². The third kappa shape index (κ3) is 1.99. The largest absolute Gasteiger partial charge is 0.0725 e. The van der Waals surface area contributed by atoms with Crippen LogP contribution in [0.4, 0.5) is 0 Å². The number of fused-ring (bicyclic) bond motifs is 10. The lowest BCUT2D eigenvalue weighted by atomic mass is 9.70. The summed E-state index contributed by atoms with van der Waals surface area (Å²) < 4.78 is 0. The Labute approximate surface area is 172 Å². The lowest BCUT2D eigenvalue weighted by Crippen LogP contribution is -2.26. The normalized spacial score (nSPS) is 14.5. The highest BCUT2D eigenvalue weighted by molar-refractivity contribution is 5.95. The molecule has 0 amide bonds. The van der Waals surface area contributed by atoms with Crippen LogP contribution in [-0.4, -0.2) is 0 Å². The second kappa shape index (κ2) is 5.48. The summed E-state index contributed by atoms with van der Waals surface area (Å²) in [5, 5.41) is 0. The van der Waals surface area contributed by atoms with E-state index >= 15 is 0 Å². The summed E-state index contributed by atoms with van der Waals surface area (Å²) in [5.74, 6) is 0. The molecular weight excluding hydrogens is 348 g/mol. The molecular formula is C29H24. The van der Waals surface area contributed by atoms with Gasteiger partial charge in [-0.05, 0) is 72.2 Å². The Morgan fingerprint density at radius 1 is 0.379 bits per heavy atom. The van der Waals surface area contributed by atoms with Crippen molar-refractivity contribution in [1.82, 2.24) is 0 Å². The number of benzene rings is 4. The molecule has 140 valence electrons. The van der Waals surface area contributed by atoms with Crippen molar-refractivity contribution in [2.75, 3.05) is 0 Å². The van der Waals surface area contributed by atoms with Gasteiger partial charge in [0, 0.05) is 0 Å². The molecule has 6 rings (SSSR count). The quantitative estimate of drug-likeness (QED) is 0.263. The van der Waals surface area contributed by atoms with Crippen LogP contribution in [0.1, 0.15) is 44.5 Å². The van der Waals surface area contributed by atoms with E-state index in [9.17, 15) is 0 Å². The van der Waals surface area contributed by atoms with Crippen molar-refractivity contribution in [3.63, 3.8) is 0 Å². The standard InChI is InChI=1S/C29H24/c1-17-5-9-21-22-10-6-18(2)14-26(22)29(25(21)13-17)27-15-19(3)7-11-23(27)24-12-8-20(4)16-28(24)29/h5-16H,1-4H3. The van der Waals surface area contributed by atoms with Crippen LogP contribution in [0.15, 0.2) is 72.8 Å². The molecule has 2 aliphatic rings. The highest BCUT2D eigenvalue weighted by Gasteiger charge is 2.51. The zero-order chi connectivity index (χ0) is 19.9. The van der Waals surface area contributed by atoms with E-state index < -0.39 is 0 Å². The van der Waals surface area contributed by atoms with E-state index in [1.165, 1.54) is 66.8 Å². The van der Waals surface area contributed by atoms with Crippen LogP contribution >= 0.6 is 0 Å². The molecule has 0 heterocycles. The van der Waals surface area contributed by atoms with Gasteiger partial charge >= 0.3 is 0 Å². The van der Waals surface area contributed by atoms with Gasteiger partial charge in [0.1, 0.15) is 0 Å². The Morgan fingerprint density at radius 2 is 0.621 bits per heavy atom. The topological polar surface area (TPSA) is 0 Å². The van der Waals surface area contributed by atoms with Gasteiger partial charge in [-0.1, -0.05) is 95.1 Å². The molecule has 0 N–H and O–H groups in total. The molecule has 0 heteroatoms. The van der Waals surface area contributed by atoms with E-state index in [1.54, 1.807) is 0 Å². The molecule has 0 bridgehead atoms. The third-order valence-corrected chi connectivity index (χ3v) is 6.90. The zero-order valence-corrected chi connectivity index (χ0v) is 17.4. The highest BCUT2D eigenvalue weighted by atomic mass is 14.5. The Balaban J connectivity index is 1.88. The Hall–Kier alpha value is -3.12. The van der Waals surface area contributed by atoms with Crippen LogP contribution in [0.3, 0.4) is 0 Å². The van der Waals surface area contributed by atoms with E-state index in [0.717, 1.165) is 0 Å². The second-order valence-electron chi connectivity index (χ2n) is 8.95. The van der Waals surface area contributed by atoms with Crippen molar-refractivity contribution >= 4 is 0 Å². The molecule has 0 nitrogen and oxygen atoms in total. The number of aryl methyl sites for hydroxylation is 4. The van der Waals surface area contributed by atoms with Crippen LogP contribution in [0.2, 0.25) is 0 Å². The van der Waals surface area contributed by atoms with Gasteiger partial charge in [-0.2, -0.15) is 0 Å². The van der Waals surface area contributed by atoms with Crippen molar-refractivity contribution in [3.05, 3.63) is 117 Å². The van der Waals surface area contributed by atoms with E-state index in [-0.39, 0.29) is 5.41 Å². The molecule has 0 unspecified atom stereocenters. The highest BCUT2D eigenvalue weighted by Crippen LogP contribution is 2.63. The average Bonchev–Trinajstić information content (AvgIpc) is 3.13. The Morgan fingerprint density at radius 3 is 0.862 bits per heavy atom. The van der Waals surface area contributed by atoms with Crippen LogP contribution < -0.4 is 0 Å². The minimum absolute atomic E-state index is 0.217. The first-order chi connectivity index (χ1) is 14.0. The lowest BCUT2D eigenvalue weighted by Gasteiger charge is -2.31. The summed E-state index contributed by atoms with van der Waals surface area (Å²) in [4.78, 5) is 0. The molecule has 1 spiro atoms. The van der Waals surface area contributed by atoms with Crippen LogP contribution in [0.5, 0.6) is 0 Å². The Kier molecular flexibility index (Phi) is 3.17. The van der Waals surface area contributed by atoms with Crippen molar-refractivity contribution in [3.8, 4) is 22.3 Å². The fraction of sp³-hybridized carbons (Fsp3) is 0.172. The molecule has 0 atom stereocenters. The number of hydrogen-bond acceptors (Lipinski definition) is 0. The van der Waals surface area contributed by atoms with Crippen LogP contribution in [0, 0.1) is 27.7 Å². The minimum atomic E-state index is -0.217.